The van der Waals surface area contributed by atoms with Crippen LogP contribution in [0.5, 0.6) is 5.75 Å². The molecule has 0 aliphatic carbocycles. The highest BCUT2D eigenvalue weighted by atomic mass is 16.5. The van der Waals surface area contributed by atoms with Crippen molar-refractivity contribution in [2.45, 2.75) is 0 Å². The van der Waals surface area contributed by atoms with Crippen LogP contribution in [0.3, 0.4) is 0 Å². The Hall–Kier alpha value is -1.75. The third kappa shape index (κ3) is 3.37. The lowest BCUT2D eigenvalue weighted by atomic mass is 10.0. The standard InChI is InChI=1S/C13H19N3O2/c1-18-12-5-3-2-4-11(12)15-9-13(17)16-8-10-6-14-7-10/h2-5,10,14-15H,6-9H2,1H3,(H,16,17). The summed E-state index contributed by atoms with van der Waals surface area (Å²) in [5.41, 5.74) is 0.834. The fourth-order valence-electron chi connectivity index (χ4n) is 1.78. The SMILES string of the molecule is COc1ccccc1NCC(=O)NCC1CNC1. The third-order valence-corrected chi connectivity index (χ3v) is 3.00. The van der Waals surface area contributed by atoms with E-state index in [9.17, 15) is 4.79 Å². The van der Waals surface area contributed by atoms with Crippen LogP contribution in [-0.4, -0.2) is 39.2 Å². The van der Waals surface area contributed by atoms with E-state index in [1.165, 1.54) is 0 Å². The molecule has 5 heteroatoms. The molecule has 0 bridgehead atoms. The van der Waals surface area contributed by atoms with E-state index in [-0.39, 0.29) is 12.5 Å². The van der Waals surface area contributed by atoms with Crippen molar-refractivity contribution in [1.82, 2.24) is 10.6 Å². The summed E-state index contributed by atoms with van der Waals surface area (Å²) in [5, 5.41) is 9.16. The number of hydrogen-bond acceptors (Lipinski definition) is 4. The summed E-state index contributed by atoms with van der Waals surface area (Å²) in [5.74, 6) is 1.33. The van der Waals surface area contributed by atoms with Gasteiger partial charge in [0.2, 0.25) is 5.91 Å². The van der Waals surface area contributed by atoms with Crippen LogP contribution < -0.4 is 20.7 Å². The van der Waals surface area contributed by atoms with Crippen LogP contribution in [0, 0.1) is 5.92 Å². The number of rotatable bonds is 6. The van der Waals surface area contributed by atoms with E-state index in [4.69, 9.17) is 4.74 Å². The lowest BCUT2D eigenvalue weighted by Gasteiger charge is -2.27. The molecule has 1 aromatic rings. The maximum Gasteiger partial charge on any atom is 0.239 e. The van der Waals surface area contributed by atoms with Gasteiger partial charge in [-0.25, -0.2) is 0 Å². The molecule has 1 aliphatic heterocycles. The highest BCUT2D eigenvalue weighted by Gasteiger charge is 2.16. The van der Waals surface area contributed by atoms with Crippen LogP contribution in [0.4, 0.5) is 5.69 Å². The summed E-state index contributed by atoms with van der Waals surface area (Å²) in [4.78, 5) is 11.6. The van der Waals surface area contributed by atoms with Crippen LogP contribution in [0.25, 0.3) is 0 Å². The lowest BCUT2D eigenvalue weighted by Crippen LogP contribution is -2.48. The van der Waals surface area contributed by atoms with Gasteiger partial charge in [-0.3, -0.25) is 4.79 Å². The van der Waals surface area contributed by atoms with Crippen LogP contribution in [0.15, 0.2) is 24.3 Å². The maximum absolute atomic E-state index is 11.6. The summed E-state index contributed by atoms with van der Waals surface area (Å²) in [6, 6.07) is 7.55. The van der Waals surface area contributed by atoms with E-state index in [2.05, 4.69) is 16.0 Å². The lowest BCUT2D eigenvalue weighted by molar-refractivity contribution is -0.119. The zero-order chi connectivity index (χ0) is 12.8. The van der Waals surface area contributed by atoms with Crippen LogP contribution in [-0.2, 0) is 4.79 Å². The molecule has 0 radical (unpaired) electrons. The van der Waals surface area contributed by atoms with Gasteiger partial charge in [-0.15, -0.1) is 0 Å². The summed E-state index contributed by atoms with van der Waals surface area (Å²) in [6.07, 6.45) is 0. The van der Waals surface area contributed by atoms with Crippen molar-refractivity contribution in [2.24, 2.45) is 5.92 Å². The molecule has 0 spiro atoms. The summed E-state index contributed by atoms with van der Waals surface area (Å²) in [6.45, 7) is 3.01. The molecular formula is C13H19N3O2. The largest absolute Gasteiger partial charge is 0.495 e. The third-order valence-electron chi connectivity index (χ3n) is 3.00. The minimum atomic E-state index is 0.00723. The smallest absolute Gasteiger partial charge is 0.239 e. The number of methoxy groups -OCH3 is 1. The first-order valence-corrected chi connectivity index (χ1v) is 6.14. The number of carbonyl (C=O) groups excluding carboxylic acids is 1. The molecule has 5 nitrogen and oxygen atoms in total. The van der Waals surface area contributed by atoms with E-state index < -0.39 is 0 Å². The Morgan fingerprint density at radius 1 is 1.44 bits per heavy atom. The zero-order valence-corrected chi connectivity index (χ0v) is 10.5. The van der Waals surface area contributed by atoms with Gasteiger partial charge >= 0.3 is 0 Å². The summed E-state index contributed by atoms with van der Waals surface area (Å²) in [7, 11) is 1.62. The predicted molar refractivity (Wildman–Crippen MR) is 70.9 cm³/mol. The molecule has 18 heavy (non-hydrogen) atoms. The second-order valence-corrected chi connectivity index (χ2v) is 4.38. The number of nitrogens with one attached hydrogen (secondary N) is 3. The topological polar surface area (TPSA) is 62.4 Å². The van der Waals surface area contributed by atoms with Gasteiger partial charge in [-0.2, -0.15) is 0 Å². The first-order valence-electron chi connectivity index (χ1n) is 6.14. The highest BCUT2D eigenvalue weighted by molar-refractivity contribution is 5.81. The van der Waals surface area contributed by atoms with Crippen molar-refractivity contribution in [3.8, 4) is 5.75 Å². The fourth-order valence-corrected chi connectivity index (χ4v) is 1.78. The van der Waals surface area contributed by atoms with E-state index >= 15 is 0 Å². The fraction of sp³-hybridized carbons (Fsp3) is 0.462. The Morgan fingerprint density at radius 2 is 2.22 bits per heavy atom. The molecule has 1 aromatic carbocycles. The second-order valence-electron chi connectivity index (χ2n) is 4.38. The number of amides is 1. The molecule has 0 unspecified atom stereocenters. The van der Waals surface area contributed by atoms with Gasteiger partial charge in [0.25, 0.3) is 0 Å². The van der Waals surface area contributed by atoms with Crippen LogP contribution in [0.2, 0.25) is 0 Å². The van der Waals surface area contributed by atoms with Gasteiger partial charge < -0.3 is 20.7 Å². The minimum absolute atomic E-state index is 0.00723. The Morgan fingerprint density at radius 3 is 2.89 bits per heavy atom. The number of hydrogen-bond donors (Lipinski definition) is 3. The summed E-state index contributed by atoms with van der Waals surface area (Å²) >= 11 is 0. The molecule has 0 atom stereocenters. The highest BCUT2D eigenvalue weighted by Crippen LogP contribution is 2.22. The Balaban J connectivity index is 1.74. The van der Waals surface area contributed by atoms with Gasteiger partial charge in [0.1, 0.15) is 5.75 Å². The molecule has 3 N–H and O–H groups in total. The molecule has 1 fully saturated rings. The van der Waals surface area contributed by atoms with E-state index in [0.717, 1.165) is 31.1 Å². The molecule has 1 saturated heterocycles. The van der Waals surface area contributed by atoms with E-state index in [1.54, 1.807) is 7.11 Å². The molecule has 1 aliphatic rings. The second kappa shape index (κ2) is 6.26. The first-order chi connectivity index (χ1) is 8.79. The van der Waals surface area contributed by atoms with Gasteiger partial charge in [0.05, 0.1) is 19.3 Å². The molecule has 0 saturated carbocycles. The molecule has 0 aromatic heterocycles. The number of carbonyl (C=O) groups is 1. The molecule has 1 amide bonds. The Bertz CT molecular complexity index is 405. The first kappa shape index (κ1) is 12.7. The quantitative estimate of drug-likeness (QED) is 0.685. The van der Waals surface area contributed by atoms with Gasteiger partial charge in [0.15, 0.2) is 0 Å². The van der Waals surface area contributed by atoms with Crippen LogP contribution in [0.1, 0.15) is 0 Å². The number of para-hydroxylation sites is 2. The monoisotopic (exact) mass is 249 g/mol. The average molecular weight is 249 g/mol. The van der Waals surface area contributed by atoms with Gasteiger partial charge in [-0.1, -0.05) is 12.1 Å². The molecule has 2 rings (SSSR count). The molecular weight excluding hydrogens is 230 g/mol. The van der Waals surface area contributed by atoms with Crippen molar-refractivity contribution in [3.63, 3.8) is 0 Å². The van der Waals surface area contributed by atoms with E-state index in [1.807, 2.05) is 24.3 Å². The van der Waals surface area contributed by atoms with Gasteiger partial charge in [-0.05, 0) is 12.1 Å². The Kier molecular flexibility index (Phi) is 4.41. The minimum Gasteiger partial charge on any atom is -0.495 e. The zero-order valence-electron chi connectivity index (χ0n) is 10.5. The predicted octanol–water partition coefficient (Wildman–Crippen LogP) is 0.443. The number of ether oxygens (including phenoxy) is 1. The van der Waals surface area contributed by atoms with Crippen molar-refractivity contribution >= 4 is 11.6 Å². The molecule has 98 valence electrons. The average Bonchev–Trinajstić information content (AvgIpc) is 2.35. The van der Waals surface area contributed by atoms with Crippen molar-refractivity contribution in [2.75, 3.05) is 38.6 Å². The number of anilines is 1. The van der Waals surface area contributed by atoms with E-state index in [0.29, 0.717) is 5.92 Å². The normalized spacial score (nSPS) is 14.7. The summed E-state index contributed by atoms with van der Waals surface area (Å²) < 4.78 is 5.20. The Labute approximate surface area is 107 Å². The van der Waals surface area contributed by atoms with Crippen molar-refractivity contribution in [1.29, 1.82) is 0 Å². The van der Waals surface area contributed by atoms with Crippen molar-refractivity contribution in [3.05, 3.63) is 24.3 Å². The number of benzene rings is 1. The molecule has 1 heterocycles. The van der Waals surface area contributed by atoms with Crippen LogP contribution >= 0.6 is 0 Å². The maximum atomic E-state index is 11.6. The van der Waals surface area contributed by atoms with Crippen molar-refractivity contribution < 1.29 is 9.53 Å². The van der Waals surface area contributed by atoms with Gasteiger partial charge in [0, 0.05) is 25.6 Å².